The molecule has 1 aromatic rings. The molecule has 1 aromatic carbocycles. The van der Waals surface area contributed by atoms with Crippen LogP contribution in [0.3, 0.4) is 0 Å². The number of nitrogens with zero attached hydrogens (tertiary/aromatic N) is 1. The van der Waals surface area contributed by atoms with Crippen molar-refractivity contribution in [1.29, 1.82) is 0 Å². The Bertz CT molecular complexity index is 756. The number of hydrazine groups is 1. The monoisotopic (exact) mass is 390 g/mol. The molecule has 146 valence electrons. The van der Waals surface area contributed by atoms with Crippen LogP contribution in [-0.4, -0.2) is 35.2 Å². The van der Waals surface area contributed by atoms with Gasteiger partial charge in [0.15, 0.2) is 5.11 Å². The maximum Gasteiger partial charge on any atom is 0.344 e. The Kier molecular flexibility index (Phi) is 5.55. The van der Waals surface area contributed by atoms with E-state index in [0.29, 0.717) is 17.2 Å². The number of thiocarbonyl (C=S) groups is 1. The van der Waals surface area contributed by atoms with Crippen molar-refractivity contribution < 1.29 is 14.3 Å². The molecular weight excluding hydrogens is 364 g/mol. The van der Waals surface area contributed by atoms with Crippen molar-refractivity contribution >= 4 is 29.3 Å². The van der Waals surface area contributed by atoms with Crippen LogP contribution in [0.15, 0.2) is 24.3 Å². The largest absolute Gasteiger partial charge is 0.497 e. The van der Waals surface area contributed by atoms with Crippen molar-refractivity contribution in [3.05, 3.63) is 29.8 Å². The van der Waals surface area contributed by atoms with Crippen molar-refractivity contribution in [3.8, 4) is 5.75 Å². The fourth-order valence-corrected chi connectivity index (χ4v) is 3.95. The van der Waals surface area contributed by atoms with Gasteiger partial charge in [-0.15, -0.1) is 0 Å². The molecule has 3 rings (SSSR count). The van der Waals surface area contributed by atoms with Gasteiger partial charge in [-0.3, -0.25) is 10.2 Å². The lowest BCUT2D eigenvalue weighted by Gasteiger charge is -2.31. The van der Waals surface area contributed by atoms with Crippen molar-refractivity contribution in [2.45, 2.75) is 51.1 Å². The summed E-state index contributed by atoms with van der Waals surface area (Å²) >= 11 is 5.35. The first-order valence-electron chi connectivity index (χ1n) is 9.23. The Morgan fingerprint density at radius 2 is 2.07 bits per heavy atom. The molecule has 1 saturated heterocycles. The van der Waals surface area contributed by atoms with Gasteiger partial charge in [0.1, 0.15) is 11.3 Å². The number of carbonyl (C=O) groups excluding carboxylic acids is 2. The second-order valence-electron chi connectivity index (χ2n) is 7.38. The van der Waals surface area contributed by atoms with E-state index in [1.807, 2.05) is 0 Å². The molecular formula is C19H26N4O3S. The van der Waals surface area contributed by atoms with E-state index in [-0.39, 0.29) is 11.2 Å². The van der Waals surface area contributed by atoms with E-state index in [1.165, 1.54) is 6.42 Å². The summed E-state index contributed by atoms with van der Waals surface area (Å²) in [5.41, 5.74) is 2.22. The number of hydrogen-bond acceptors (Lipinski definition) is 4. The molecule has 0 spiro atoms. The normalized spacial score (nSPS) is 27.9. The van der Waals surface area contributed by atoms with E-state index in [1.54, 1.807) is 38.3 Å². The van der Waals surface area contributed by atoms with E-state index < -0.39 is 17.5 Å². The van der Waals surface area contributed by atoms with Gasteiger partial charge in [0.05, 0.1) is 7.11 Å². The minimum atomic E-state index is -1.19. The maximum absolute atomic E-state index is 13.0. The average molecular weight is 391 g/mol. The minimum Gasteiger partial charge on any atom is -0.497 e. The zero-order chi connectivity index (χ0) is 19.6. The number of hydrogen-bond donors (Lipinski definition) is 3. The molecule has 2 aliphatic rings. The molecule has 7 nitrogen and oxygen atoms in total. The van der Waals surface area contributed by atoms with Crippen LogP contribution in [-0.2, 0) is 10.3 Å². The van der Waals surface area contributed by atoms with Crippen LogP contribution < -0.4 is 20.8 Å². The maximum atomic E-state index is 13.0. The zero-order valence-corrected chi connectivity index (χ0v) is 16.7. The molecule has 1 aliphatic carbocycles. The number of imide groups is 1. The summed E-state index contributed by atoms with van der Waals surface area (Å²) < 4.78 is 5.22. The lowest BCUT2D eigenvalue weighted by atomic mass is 9.86. The highest BCUT2D eigenvalue weighted by molar-refractivity contribution is 7.80. The van der Waals surface area contributed by atoms with Gasteiger partial charge in [-0.25, -0.2) is 4.79 Å². The third-order valence-electron chi connectivity index (χ3n) is 5.48. The first-order chi connectivity index (χ1) is 12.8. The number of methoxy groups -OCH3 is 1. The van der Waals surface area contributed by atoms with Gasteiger partial charge >= 0.3 is 6.03 Å². The smallest absolute Gasteiger partial charge is 0.344 e. The molecule has 0 unspecified atom stereocenters. The summed E-state index contributed by atoms with van der Waals surface area (Å²) in [5, 5.41) is 7.23. The van der Waals surface area contributed by atoms with Crippen molar-refractivity contribution in [2.24, 2.45) is 5.92 Å². The van der Waals surface area contributed by atoms with Gasteiger partial charge < -0.3 is 15.4 Å². The SMILES string of the molecule is COc1cccc([C@@]2(C)NC(=O)N(NC(=S)N[C@H]3CCCC[C@@H]3C)C2=O)c1. The highest BCUT2D eigenvalue weighted by Gasteiger charge is 2.50. The fourth-order valence-electron chi connectivity index (χ4n) is 3.70. The number of nitrogens with one attached hydrogen (secondary N) is 3. The molecule has 1 heterocycles. The third-order valence-corrected chi connectivity index (χ3v) is 5.69. The predicted octanol–water partition coefficient (Wildman–Crippen LogP) is 2.42. The van der Waals surface area contributed by atoms with E-state index >= 15 is 0 Å². The molecule has 3 amide bonds. The first kappa shape index (κ1) is 19.4. The van der Waals surface area contributed by atoms with Crippen LogP contribution in [0.5, 0.6) is 5.75 Å². The molecule has 2 fully saturated rings. The molecule has 1 aliphatic heterocycles. The van der Waals surface area contributed by atoms with Crippen LogP contribution in [0.4, 0.5) is 4.79 Å². The summed E-state index contributed by atoms with van der Waals surface area (Å²) in [7, 11) is 1.56. The Balaban J connectivity index is 1.71. The van der Waals surface area contributed by atoms with E-state index in [9.17, 15) is 9.59 Å². The molecule has 27 heavy (non-hydrogen) atoms. The molecule has 3 N–H and O–H groups in total. The van der Waals surface area contributed by atoms with Gasteiger partial charge in [-0.2, -0.15) is 5.01 Å². The fraction of sp³-hybridized carbons (Fsp3) is 0.526. The predicted molar refractivity (Wildman–Crippen MR) is 106 cm³/mol. The molecule has 0 aromatic heterocycles. The molecule has 8 heteroatoms. The van der Waals surface area contributed by atoms with Crippen LogP contribution in [0.1, 0.15) is 45.1 Å². The summed E-state index contributed by atoms with van der Waals surface area (Å²) in [5.74, 6) is 0.705. The van der Waals surface area contributed by atoms with Gasteiger partial charge in [-0.05, 0) is 55.6 Å². The van der Waals surface area contributed by atoms with E-state index in [0.717, 1.165) is 24.3 Å². The Labute approximate surface area is 164 Å². The summed E-state index contributed by atoms with van der Waals surface area (Å²) in [6.07, 6.45) is 4.56. The van der Waals surface area contributed by atoms with Gasteiger partial charge in [0.25, 0.3) is 5.91 Å². The minimum absolute atomic E-state index is 0.254. The highest BCUT2D eigenvalue weighted by Crippen LogP contribution is 2.30. The standard InChI is InChI=1S/C19H26N4O3S/c1-12-7-4-5-10-15(12)20-17(27)22-23-16(24)19(2,21-18(23)25)13-8-6-9-14(11-13)26-3/h6,8-9,11-12,15H,4-5,7,10H2,1-3H3,(H,21,25)(H2,20,22,27)/t12-,15-,19+/m0/s1. The summed E-state index contributed by atoms with van der Waals surface area (Å²) in [6.45, 7) is 3.86. The third kappa shape index (κ3) is 3.85. The molecule has 1 saturated carbocycles. The first-order valence-corrected chi connectivity index (χ1v) is 9.64. The van der Waals surface area contributed by atoms with Crippen molar-refractivity contribution in [1.82, 2.24) is 21.1 Å². The molecule has 0 bridgehead atoms. The van der Waals surface area contributed by atoms with Gasteiger partial charge in [0, 0.05) is 6.04 Å². The number of benzene rings is 1. The van der Waals surface area contributed by atoms with Gasteiger partial charge in [0.2, 0.25) is 0 Å². The second kappa shape index (κ2) is 7.72. The molecule has 3 atom stereocenters. The Morgan fingerprint density at radius 1 is 1.33 bits per heavy atom. The topological polar surface area (TPSA) is 82.7 Å². The van der Waals surface area contributed by atoms with Crippen molar-refractivity contribution in [2.75, 3.05) is 7.11 Å². The van der Waals surface area contributed by atoms with Crippen LogP contribution >= 0.6 is 12.2 Å². The van der Waals surface area contributed by atoms with E-state index in [2.05, 4.69) is 23.0 Å². The van der Waals surface area contributed by atoms with Gasteiger partial charge in [-0.1, -0.05) is 31.9 Å². The highest BCUT2D eigenvalue weighted by atomic mass is 32.1. The Hall–Kier alpha value is -2.35. The summed E-state index contributed by atoms with van der Waals surface area (Å²) in [6, 6.07) is 6.81. The number of carbonyl (C=O) groups is 2. The zero-order valence-electron chi connectivity index (χ0n) is 15.9. The second-order valence-corrected chi connectivity index (χ2v) is 7.79. The Morgan fingerprint density at radius 3 is 2.78 bits per heavy atom. The quantitative estimate of drug-likeness (QED) is 0.541. The van der Waals surface area contributed by atoms with Crippen LogP contribution in [0.2, 0.25) is 0 Å². The van der Waals surface area contributed by atoms with Crippen LogP contribution in [0.25, 0.3) is 0 Å². The number of ether oxygens (including phenoxy) is 1. The van der Waals surface area contributed by atoms with Crippen molar-refractivity contribution in [3.63, 3.8) is 0 Å². The van der Waals surface area contributed by atoms with E-state index in [4.69, 9.17) is 17.0 Å². The number of rotatable bonds is 4. The lowest BCUT2D eigenvalue weighted by molar-refractivity contribution is -0.132. The number of amides is 3. The summed E-state index contributed by atoms with van der Waals surface area (Å²) in [4.78, 5) is 25.4. The molecule has 0 radical (unpaired) electrons. The van der Waals surface area contributed by atoms with Crippen LogP contribution in [0, 0.1) is 5.92 Å². The number of urea groups is 1. The average Bonchev–Trinajstić information content (AvgIpc) is 2.88. The lowest BCUT2D eigenvalue weighted by Crippen LogP contribution is -2.54.